The number of hydrogen-bond acceptors (Lipinski definition) is 7. The molecule has 0 saturated heterocycles. The second-order valence-corrected chi connectivity index (χ2v) is 8.13. The second-order valence-electron chi connectivity index (χ2n) is 6.97. The number of esters is 1. The van der Waals surface area contributed by atoms with E-state index in [2.05, 4.69) is 15.3 Å². The summed E-state index contributed by atoms with van der Waals surface area (Å²) in [6.07, 6.45) is -3.60. The van der Waals surface area contributed by atoms with Crippen molar-refractivity contribution in [2.45, 2.75) is 12.8 Å². The van der Waals surface area contributed by atoms with E-state index >= 15 is 0 Å². The van der Waals surface area contributed by atoms with Crippen LogP contribution in [0.25, 0.3) is 5.57 Å². The van der Waals surface area contributed by atoms with Gasteiger partial charge in [-0.25, -0.2) is 9.78 Å². The maximum atomic E-state index is 13.5. The van der Waals surface area contributed by atoms with Crippen molar-refractivity contribution in [3.63, 3.8) is 0 Å². The quantitative estimate of drug-likeness (QED) is 0.138. The number of nitrogens with one attached hydrogen (secondary N) is 1. The summed E-state index contributed by atoms with van der Waals surface area (Å²) in [4.78, 5) is 19.7. The van der Waals surface area contributed by atoms with E-state index in [4.69, 9.17) is 49.0 Å². The van der Waals surface area contributed by atoms with Gasteiger partial charge < -0.3 is 19.5 Å². The molecule has 0 aliphatic carbocycles. The topological polar surface area (TPSA) is 82.6 Å². The largest absolute Gasteiger partial charge is 0.503 e. The number of ether oxygens (including phenoxy) is 3. The van der Waals surface area contributed by atoms with Crippen molar-refractivity contribution in [2.75, 3.05) is 19.5 Å². The second kappa shape index (κ2) is 11.7. The minimum atomic E-state index is -4.80. The van der Waals surface area contributed by atoms with Gasteiger partial charge in [-0.15, -0.1) is 0 Å². The first-order valence-corrected chi connectivity index (χ1v) is 11.1. The van der Waals surface area contributed by atoms with Crippen LogP contribution in [0.4, 0.5) is 24.8 Å². The van der Waals surface area contributed by atoms with Gasteiger partial charge in [0.1, 0.15) is 12.2 Å². The summed E-state index contributed by atoms with van der Waals surface area (Å²) in [5, 5.41) is 2.74. The van der Waals surface area contributed by atoms with Gasteiger partial charge in [-0.05, 0) is 23.3 Å². The monoisotopic (exact) mass is 561 g/mol. The number of aromatic nitrogens is 2. The van der Waals surface area contributed by atoms with Gasteiger partial charge in [-0.3, -0.25) is 0 Å². The Morgan fingerprint density at radius 2 is 1.78 bits per heavy atom. The van der Waals surface area contributed by atoms with E-state index in [0.717, 1.165) is 0 Å². The normalized spacial score (nSPS) is 11.7. The molecule has 1 aromatic heterocycles. The fourth-order valence-corrected chi connectivity index (χ4v) is 3.54. The molecule has 0 fully saturated rings. The highest BCUT2D eigenvalue weighted by molar-refractivity contribution is 6.49. The lowest BCUT2D eigenvalue weighted by molar-refractivity contribution is -0.141. The summed E-state index contributed by atoms with van der Waals surface area (Å²) in [6, 6.07) is 10.0. The number of anilines is 2. The SMILES string of the molecule is CO/C=C(/C(=O)OC)c1ccccc1COc1cc(C(F)(F)F)nc(Nc2ccc(Cl)c(Cl)c2Cl)n1. The Bertz CT molecular complexity index is 1300. The summed E-state index contributed by atoms with van der Waals surface area (Å²) in [5.41, 5.74) is -0.171. The number of carbonyl (C=O) groups is 1. The lowest BCUT2D eigenvalue weighted by Crippen LogP contribution is -2.12. The first kappa shape index (κ1) is 27.4. The lowest BCUT2D eigenvalue weighted by Gasteiger charge is -2.15. The van der Waals surface area contributed by atoms with Gasteiger partial charge in [0.15, 0.2) is 5.69 Å². The van der Waals surface area contributed by atoms with Crippen LogP contribution >= 0.6 is 34.8 Å². The highest BCUT2D eigenvalue weighted by Gasteiger charge is 2.34. The molecule has 36 heavy (non-hydrogen) atoms. The summed E-state index contributed by atoms with van der Waals surface area (Å²) in [5.74, 6) is -1.50. The first-order valence-electron chi connectivity index (χ1n) is 9.94. The number of rotatable bonds is 8. The highest BCUT2D eigenvalue weighted by atomic mass is 35.5. The molecule has 0 aliphatic rings. The predicted molar refractivity (Wildman–Crippen MR) is 130 cm³/mol. The molecule has 7 nitrogen and oxygen atoms in total. The Kier molecular flexibility index (Phi) is 8.89. The molecule has 13 heteroatoms. The summed E-state index contributed by atoms with van der Waals surface area (Å²) >= 11 is 18.0. The van der Waals surface area contributed by atoms with Crippen molar-refractivity contribution >= 4 is 58.0 Å². The van der Waals surface area contributed by atoms with Gasteiger partial charge in [0, 0.05) is 6.07 Å². The van der Waals surface area contributed by atoms with Crippen LogP contribution in [0.15, 0.2) is 48.7 Å². The van der Waals surface area contributed by atoms with Crippen LogP contribution in [0.5, 0.6) is 5.88 Å². The highest BCUT2D eigenvalue weighted by Crippen LogP contribution is 2.37. The molecule has 3 rings (SSSR count). The first-order chi connectivity index (χ1) is 17.0. The van der Waals surface area contributed by atoms with Crippen molar-refractivity contribution in [2.24, 2.45) is 0 Å². The number of nitrogens with zero attached hydrogens (tertiary/aromatic N) is 2. The molecule has 1 N–H and O–H groups in total. The van der Waals surface area contributed by atoms with E-state index in [1.54, 1.807) is 24.3 Å². The molecule has 0 radical (unpaired) electrons. The van der Waals surface area contributed by atoms with Crippen molar-refractivity contribution in [1.29, 1.82) is 0 Å². The Hall–Kier alpha value is -3.21. The summed E-state index contributed by atoms with van der Waals surface area (Å²) < 4.78 is 55.9. The number of benzene rings is 2. The van der Waals surface area contributed by atoms with Gasteiger partial charge in [-0.2, -0.15) is 18.2 Å². The maximum absolute atomic E-state index is 13.5. The van der Waals surface area contributed by atoms with E-state index in [1.165, 1.54) is 32.6 Å². The van der Waals surface area contributed by atoms with E-state index in [0.29, 0.717) is 17.2 Å². The van der Waals surface area contributed by atoms with Gasteiger partial charge in [-0.1, -0.05) is 59.1 Å². The van der Waals surface area contributed by atoms with E-state index in [-0.39, 0.29) is 38.8 Å². The number of carbonyl (C=O) groups excluding carboxylic acids is 1. The lowest BCUT2D eigenvalue weighted by atomic mass is 10.0. The van der Waals surface area contributed by atoms with Crippen LogP contribution in [0.1, 0.15) is 16.8 Å². The van der Waals surface area contributed by atoms with Crippen molar-refractivity contribution in [3.8, 4) is 5.88 Å². The van der Waals surface area contributed by atoms with E-state index in [9.17, 15) is 18.0 Å². The van der Waals surface area contributed by atoms with E-state index < -0.39 is 23.8 Å². The van der Waals surface area contributed by atoms with Crippen molar-refractivity contribution < 1.29 is 32.2 Å². The van der Waals surface area contributed by atoms with Gasteiger partial charge in [0.2, 0.25) is 11.8 Å². The van der Waals surface area contributed by atoms with Crippen molar-refractivity contribution in [1.82, 2.24) is 9.97 Å². The molecule has 0 spiro atoms. The zero-order valence-electron chi connectivity index (χ0n) is 18.6. The molecule has 0 aliphatic heterocycles. The average Bonchev–Trinajstić information content (AvgIpc) is 2.85. The number of hydrogen-bond donors (Lipinski definition) is 1. The molecule has 190 valence electrons. The predicted octanol–water partition coefficient (Wildman–Crippen LogP) is 6.94. The minimum absolute atomic E-state index is 0.00825. The molecule has 0 bridgehead atoms. The minimum Gasteiger partial charge on any atom is -0.503 e. The molecule has 2 aromatic carbocycles. The van der Waals surface area contributed by atoms with Crippen LogP contribution in [0, 0.1) is 0 Å². The molecule has 1 heterocycles. The standard InChI is InChI=1S/C23H17Cl3F3N3O4/c1-34-11-14(21(33)35-2)13-6-4-3-5-12(13)10-36-18-9-17(23(27,28)29)31-22(32-18)30-16-8-7-15(24)19(25)20(16)26/h3-9,11H,10H2,1-2H3,(H,30,31,32)/b14-11+. The van der Waals surface area contributed by atoms with Crippen LogP contribution in [-0.2, 0) is 27.1 Å². The summed E-state index contributed by atoms with van der Waals surface area (Å²) in [6.45, 7) is -0.241. The van der Waals surface area contributed by atoms with Crippen LogP contribution in [0.3, 0.4) is 0 Å². The molecular formula is C23H17Cl3F3N3O4. The Labute approximate surface area is 218 Å². The Balaban J connectivity index is 1.95. The molecular weight excluding hydrogens is 546 g/mol. The fraction of sp³-hybridized carbons (Fsp3) is 0.174. The Morgan fingerprint density at radius 3 is 2.44 bits per heavy atom. The molecule has 0 atom stereocenters. The number of alkyl halides is 3. The van der Waals surface area contributed by atoms with Crippen molar-refractivity contribution in [3.05, 3.63) is 80.6 Å². The molecule has 0 amide bonds. The Morgan fingerprint density at radius 1 is 1.06 bits per heavy atom. The third-order valence-electron chi connectivity index (χ3n) is 4.60. The number of halogens is 6. The van der Waals surface area contributed by atoms with Crippen LogP contribution in [-0.4, -0.2) is 30.2 Å². The van der Waals surface area contributed by atoms with Gasteiger partial charge in [0.05, 0.1) is 41.2 Å². The van der Waals surface area contributed by atoms with Gasteiger partial charge in [0.25, 0.3) is 0 Å². The van der Waals surface area contributed by atoms with Gasteiger partial charge >= 0.3 is 12.1 Å². The third-order valence-corrected chi connectivity index (χ3v) is 5.89. The zero-order chi connectivity index (χ0) is 26.5. The van der Waals surface area contributed by atoms with Crippen LogP contribution in [0.2, 0.25) is 15.1 Å². The van der Waals surface area contributed by atoms with Crippen LogP contribution < -0.4 is 10.1 Å². The van der Waals surface area contributed by atoms with E-state index in [1.807, 2.05) is 0 Å². The molecule has 0 unspecified atom stereocenters. The molecule has 3 aromatic rings. The summed E-state index contributed by atoms with van der Waals surface area (Å²) in [7, 11) is 2.56. The fourth-order valence-electron chi connectivity index (χ4n) is 2.95. The smallest absolute Gasteiger partial charge is 0.433 e. The third kappa shape index (κ3) is 6.51. The average molecular weight is 563 g/mol. The number of methoxy groups -OCH3 is 2. The zero-order valence-corrected chi connectivity index (χ0v) is 20.9. The molecule has 0 saturated carbocycles. The maximum Gasteiger partial charge on any atom is 0.433 e.